The molecule has 3 aromatic heterocycles. The van der Waals surface area contributed by atoms with Gasteiger partial charge in [-0.1, -0.05) is 6.07 Å². The SMILES string of the molecule is Cc1cc(C)n2ncc(C(=O)Nc3cccc(-n4nc(C)cc4C)c3)c2n1. The van der Waals surface area contributed by atoms with Gasteiger partial charge in [0.05, 0.1) is 17.6 Å². The van der Waals surface area contributed by atoms with Crippen LogP contribution in [-0.2, 0) is 0 Å². The van der Waals surface area contributed by atoms with Crippen molar-refractivity contribution in [3.63, 3.8) is 0 Å². The summed E-state index contributed by atoms with van der Waals surface area (Å²) in [6.07, 6.45) is 1.55. The highest BCUT2D eigenvalue weighted by Gasteiger charge is 2.16. The normalized spacial score (nSPS) is 11.1. The van der Waals surface area contributed by atoms with Crippen molar-refractivity contribution >= 4 is 17.2 Å². The molecule has 0 aliphatic carbocycles. The van der Waals surface area contributed by atoms with Crippen LogP contribution in [0.25, 0.3) is 11.3 Å². The number of benzene rings is 1. The van der Waals surface area contributed by atoms with Gasteiger partial charge in [-0.05, 0) is 58.0 Å². The first-order chi connectivity index (χ1) is 12.9. The lowest BCUT2D eigenvalue weighted by Crippen LogP contribution is -2.13. The molecule has 0 aliphatic heterocycles. The molecule has 4 rings (SSSR count). The van der Waals surface area contributed by atoms with Crippen LogP contribution >= 0.6 is 0 Å². The Hall–Kier alpha value is -3.48. The number of anilines is 1. The van der Waals surface area contributed by atoms with Gasteiger partial charge in [-0.3, -0.25) is 4.79 Å². The van der Waals surface area contributed by atoms with Crippen LogP contribution in [0.1, 0.15) is 33.1 Å². The highest BCUT2D eigenvalue weighted by atomic mass is 16.1. The summed E-state index contributed by atoms with van der Waals surface area (Å²) >= 11 is 0. The molecule has 0 saturated carbocycles. The molecular formula is C20H20N6O. The summed E-state index contributed by atoms with van der Waals surface area (Å²) in [6.45, 7) is 7.80. The van der Waals surface area contributed by atoms with Crippen molar-refractivity contribution < 1.29 is 4.79 Å². The van der Waals surface area contributed by atoms with E-state index < -0.39 is 0 Å². The lowest BCUT2D eigenvalue weighted by atomic mass is 10.2. The third-order valence-electron chi connectivity index (χ3n) is 4.38. The Kier molecular flexibility index (Phi) is 3.99. The van der Waals surface area contributed by atoms with Crippen molar-refractivity contribution in [2.45, 2.75) is 27.7 Å². The molecule has 0 bridgehead atoms. The summed E-state index contributed by atoms with van der Waals surface area (Å²) in [5, 5.41) is 11.7. The third kappa shape index (κ3) is 3.08. The van der Waals surface area contributed by atoms with Gasteiger partial charge in [-0.25, -0.2) is 14.2 Å². The van der Waals surface area contributed by atoms with Crippen molar-refractivity contribution in [3.05, 3.63) is 70.9 Å². The van der Waals surface area contributed by atoms with Gasteiger partial charge in [0, 0.05) is 22.8 Å². The van der Waals surface area contributed by atoms with Gasteiger partial charge in [-0.2, -0.15) is 10.2 Å². The van der Waals surface area contributed by atoms with Crippen LogP contribution in [0.2, 0.25) is 0 Å². The maximum absolute atomic E-state index is 12.8. The molecule has 3 heterocycles. The molecule has 1 amide bonds. The highest BCUT2D eigenvalue weighted by molar-refractivity contribution is 6.08. The van der Waals surface area contributed by atoms with E-state index >= 15 is 0 Å². The van der Waals surface area contributed by atoms with E-state index in [1.165, 1.54) is 0 Å². The van der Waals surface area contributed by atoms with E-state index in [0.29, 0.717) is 16.9 Å². The van der Waals surface area contributed by atoms with Crippen LogP contribution in [0.15, 0.2) is 42.6 Å². The van der Waals surface area contributed by atoms with E-state index in [4.69, 9.17) is 0 Å². The number of hydrogen-bond acceptors (Lipinski definition) is 4. The molecule has 0 spiro atoms. The molecule has 0 radical (unpaired) electrons. The maximum Gasteiger partial charge on any atom is 0.261 e. The van der Waals surface area contributed by atoms with Crippen molar-refractivity contribution in [2.75, 3.05) is 5.32 Å². The van der Waals surface area contributed by atoms with Crippen molar-refractivity contribution in [3.8, 4) is 5.69 Å². The van der Waals surface area contributed by atoms with E-state index in [2.05, 4.69) is 20.5 Å². The van der Waals surface area contributed by atoms with Gasteiger partial charge in [-0.15, -0.1) is 0 Å². The fraction of sp³-hybridized carbons (Fsp3) is 0.200. The second-order valence-electron chi connectivity index (χ2n) is 6.68. The number of aryl methyl sites for hydroxylation is 4. The van der Waals surface area contributed by atoms with E-state index in [-0.39, 0.29) is 5.91 Å². The Morgan fingerprint density at radius 2 is 1.78 bits per heavy atom. The van der Waals surface area contributed by atoms with E-state index in [1.54, 1.807) is 10.7 Å². The van der Waals surface area contributed by atoms with Crippen molar-refractivity contribution in [1.29, 1.82) is 0 Å². The Bertz CT molecular complexity index is 1170. The number of carbonyl (C=O) groups excluding carboxylic acids is 1. The molecule has 7 heteroatoms. The minimum atomic E-state index is -0.243. The largest absolute Gasteiger partial charge is 0.322 e. The van der Waals surface area contributed by atoms with E-state index in [0.717, 1.165) is 28.5 Å². The second-order valence-corrected chi connectivity index (χ2v) is 6.68. The zero-order valence-electron chi connectivity index (χ0n) is 15.7. The summed E-state index contributed by atoms with van der Waals surface area (Å²) in [6, 6.07) is 11.5. The van der Waals surface area contributed by atoms with Crippen LogP contribution in [0, 0.1) is 27.7 Å². The van der Waals surface area contributed by atoms with Gasteiger partial charge < -0.3 is 5.32 Å². The number of rotatable bonds is 3. The Morgan fingerprint density at radius 3 is 2.52 bits per heavy atom. The minimum absolute atomic E-state index is 0.243. The summed E-state index contributed by atoms with van der Waals surface area (Å²) in [5.74, 6) is -0.243. The summed E-state index contributed by atoms with van der Waals surface area (Å²) in [7, 11) is 0. The Balaban J connectivity index is 1.66. The number of carbonyl (C=O) groups is 1. The summed E-state index contributed by atoms with van der Waals surface area (Å²) < 4.78 is 3.53. The van der Waals surface area contributed by atoms with Gasteiger partial charge in [0.15, 0.2) is 5.65 Å². The predicted molar refractivity (Wildman–Crippen MR) is 103 cm³/mol. The first-order valence-corrected chi connectivity index (χ1v) is 8.69. The zero-order valence-corrected chi connectivity index (χ0v) is 15.7. The first-order valence-electron chi connectivity index (χ1n) is 8.69. The molecule has 7 nitrogen and oxygen atoms in total. The Morgan fingerprint density at radius 1 is 1.00 bits per heavy atom. The van der Waals surface area contributed by atoms with Crippen molar-refractivity contribution in [2.24, 2.45) is 0 Å². The van der Waals surface area contributed by atoms with Gasteiger partial charge >= 0.3 is 0 Å². The summed E-state index contributed by atoms with van der Waals surface area (Å²) in [4.78, 5) is 17.3. The molecule has 1 N–H and O–H groups in total. The zero-order chi connectivity index (χ0) is 19.1. The topological polar surface area (TPSA) is 77.1 Å². The Labute approximate surface area is 156 Å². The maximum atomic E-state index is 12.8. The number of hydrogen-bond donors (Lipinski definition) is 1. The molecule has 0 aliphatic rings. The van der Waals surface area contributed by atoms with Crippen LogP contribution in [0.3, 0.4) is 0 Å². The molecule has 1 aromatic carbocycles. The molecule has 136 valence electrons. The van der Waals surface area contributed by atoms with Crippen LogP contribution in [0.4, 0.5) is 5.69 Å². The van der Waals surface area contributed by atoms with Crippen LogP contribution < -0.4 is 5.32 Å². The lowest BCUT2D eigenvalue weighted by Gasteiger charge is -2.08. The standard InChI is InChI=1S/C20H20N6O/c1-12-8-15(4)26-19(22-12)18(11-21-26)20(27)23-16-6-5-7-17(10-16)25-14(3)9-13(2)24-25/h5-11H,1-4H3,(H,23,27). The molecule has 0 atom stereocenters. The minimum Gasteiger partial charge on any atom is -0.322 e. The summed E-state index contributed by atoms with van der Waals surface area (Å²) in [5.41, 5.74) is 6.35. The van der Waals surface area contributed by atoms with Gasteiger partial charge in [0.25, 0.3) is 5.91 Å². The molecule has 0 saturated heterocycles. The van der Waals surface area contributed by atoms with Gasteiger partial charge in [0.1, 0.15) is 5.56 Å². The number of amides is 1. The lowest BCUT2D eigenvalue weighted by molar-refractivity contribution is 0.102. The molecule has 0 fully saturated rings. The number of nitrogens with one attached hydrogen (secondary N) is 1. The first kappa shape index (κ1) is 17.0. The predicted octanol–water partition coefficient (Wildman–Crippen LogP) is 3.40. The fourth-order valence-corrected chi connectivity index (χ4v) is 3.23. The second kappa shape index (κ2) is 6.35. The quantitative estimate of drug-likeness (QED) is 0.607. The molecule has 4 aromatic rings. The fourth-order valence-electron chi connectivity index (χ4n) is 3.23. The average Bonchev–Trinajstić information content (AvgIpc) is 3.18. The monoisotopic (exact) mass is 360 g/mol. The number of aromatic nitrogens is 5. The highest BCUT2D eigenvalue weighted by Crippen LogP contribution is 2.19. The average molecular weight is 360 g/mol. The van der Waals surface area contributed by atoms with E-state index in [9.17, 15) is 4.79 Å². The smallest absolute Gasteiger partial charge is 0.261 e. The van der Waals surface area contributed by atoms with Crippen molar-refractivity contribution in [1.82, 2.24) is 24.4 Å². The van der Waals surface area contributed by atoms with Gasteiger partial charge in [0.2, 0.25) is 0 Å². The number of nitrogens with zero attached hydrogens (tertiary/aromatic N) is 5. The molecule has 0 unspecified atom stereocenters. The third-order valence-corrected chi connectivity index (χ3v) is 4.38. The van der Waals surface area contributed by atoms with Crippen LogP contribution in [-0.4, -0.2) is 30.3 Å². The molecule has 27 heavy (non-hydrogen) atoms. The van der Waals surface area contributed by atoms with Crippen LogP contribution in [0.5, 0.6) is 0 Å². The molecular weight excluding hydrogens is 340 g/mol. The van der Waals surface area contributed by atoms with E-state index in [1.807, 2.05) is 68.8 Å². The number of fused-ring (bicyclic) bond motifs is 1.